The highest BCUT2D eigenvalue weighted by Crippen LogP contribution is 2.45. The summed E-state index contributed by atoms with van der Waals surface area (Å²) in [6, 6.07) is 7.50. The summed E-state index contributed by atoms with van der Waals surface area (Å²) < 4.78 is 9.49. The van der Waals surface area contributed by atoms with E-state index in [0.717, 1.165) is 28.1 Å². The standard InChI is InChI=1S/C24H27N3O4/c1-13-7-18(26(5)25-13)16-8-14-9-22(24(2,3)4)27-12-17(23(29)30)20(28)11-19(27)15(14)10-21(16)31-6/h7-8,10-12,22H,9H2,1-6H3,(H,29,30). The Hall–Kier alpha value is -3.35. The summed E-state index contributed by atoms with van der Waals surface area (Å²) in [5.74, 6) is -0.532. The number of nitrogens with zero attached hydrogens (tertiary/aromatic N) is 3. The first kappa shape index (κ1) is 20.9. The number of carbonyl (C=O) groups is 1. The maximum Gasteiger partial charge on any atom is 0.341 e. The van der Waals surface area contributed by atoms with Crippen LogP contribution < -0.4 is 10.2 Å². The molecule has 0 aliphatic carbocycles. The fourth-order valence-corrected chi connectivity index (χ4v) is 4.48. The van der Waals surface area contributed by atoms with Crippen molar-refractivity contribution in [3.05, 3.63) is 57.5 Å². The lowest BCUT2D eigenvalue weighted by Gasteiger charge is -2.39. The molecule has 1 aromatic carbocycles. The Labute approximate surface area is 180 Å². The summed E-state index contributed by atoms with van der Waals surface area (Å²) in [4.78, 5) is 24.2. The van der Waals surface area contributed by atoms with Gasteiger partial charge < -0.3 is 14.4 Å². The number of aromatic carboxylic acids is 1. The van der Waals surface area contributed by atoms with Gasteiger partial charge in [0, 0.05) is 36.5 Å². The minimum atomic E-state index is -1.21. The SMILES string of the molecule is COc1cc2c(cc1-c1cc(C)nn1C)CC(C(C)(C)C)n1cc(C(=O)O)c(=O)cc1-2. The molecular weight excluding hydrogens is 394 g/mol. The Bertz CT molecular complexity index is 1260. The van der Waals surface area contributed by atoms with Crippen molar-refractivity contribution >= 4 is 5.97 Å². The highest BCUT2D eigenvalue weighted by Gasteiger charge is 2.34. The molecule has 1 aliphatic heterocycles. The molecule has 3 aromatic rings. The third kappa shape index (κ3) is 3.44. The van der Waals surface area contributed by atoms with Gasteiger partial charge in [0.05, 0.1) is 24.2 Å². The Morgan fingerprint density at radius 3 is 2.42 bits per heavy atom. The molecular formula is C24H27N3O4. The number of methoxy groups -OCH3 is 1. The number of aromatic nitrogens is 3. The summed E-state index contributed by atoms with van der Waals surface area (Å²) in [5.41, 5.74) is 4.64. The van der Waals surface area contributed by atoms with Gasteiger partial charge in [-0.25, -0.2) is 4.79 Å². The van der Waals surface area contributed by atoms with E-state index in [4.69, 9.17) is 4.74 Å². The summed E-state index contributed by atoms with van der Waals surface area (Å²) in [7, 11) is 3.53. The van der Waals surface area contributed by atoms with Crippen LogP contribution in [0, 0.1) is 12.3 Å². The molecule has 1 N–H and O–H groups in total. The maximum absolute atomic E-state index is 12.6. The molecule has 1 unspecified atom stereocenters. The van der Waals surface area contributed by atoms with Crippen LogP contribution in [0.25, 0.3) is 22.5 Å². The van der Waals surface area contributed by atoms with E-state index in [1.165, 1.54) is 12.3 Å². The molecule has 1 aliphatic rings. The van der Waals surface area contributed by atoms with E-state index in [0.29, 0.717) is 17.9 Å². The third-order valence-corrected chi connectivity index (χ3v) is 6.04. The Morgan fingerprint density at radius 1 is 1.16 bits per heavy atom. The minimum absolute atomic E-state index is 0.0109. The molecule has 7 heteroatoms. The van der Waals surface area contributed by atoms with Crippen molar-refractivity contribution in [2.45, 2.75) is 40.2 Å². The van der Waals surface area contributed by atoms with Gasteiger partial charge in [0.15, 0.2) is 5.43 Å². The molecule has 0 saturated carbocycles. The van der Waals surface area contributed by atoms with Crippen LogP contribution in [0.2, 0.25) is 0 Å². The lowest BCUT2D eigenvalue weighted by Crippen LogP contribution is -2.32. The number of rotatable bonds is 3. The molecule has 3 heterocycles. The number of hydrogen-bond acceptors (Lipinski definition) is 4. The lowest BCUT2D eigenvalue weighted by molar-refractivity contribution is 0.0693. The molecule has 162 valence electrons. The van der Waals surface area contributed by atoms with E-state index in [-0.39, 0.29) is 17.0 Å². The molecule has 2 aromatic heterocycles. The van der Waals surface area contributed by atoms with E-state index < -0.39 is 11.4 Å². The van der Waals surface area contributed by atoms with E-state index >= 15 is 0 Å². The minimum Gasteiger partial charge on any atom is -0.496 e. The zero-order valence-corrected chi connectivity index (χ0v) is 18.7. The smallest absolute Gasteiger partial charge is 0.341 e. The number of fused-ring (bicyclic) bond motifs is 3. The summed E-state index contributed by atoms with van der Waals surface area (Å²) in [6.07, 6.45) is 2.20. The van der Waals surface area contributed by atoms with Gasteiger partial charge in [-0.3, -0.25) is 9.48 Å². The molecule has 0 amide bonds. The van der Waals surface area contributed by atoms with Crippen molar-refractivity contribution in [1.82, 2.24) is 14.3 Å². The normalized spacial score (nSPS) is 15.4. The van der Waals surface area contributed by atoms with Crippen LogP contribution in [0.5, 0.6) is 5.75 Å². The highest BCUT2D eigenvalue weighted by atomic mass is 16.5. The molecule has 0 saturated heterocycles. The van der Waals surface area contributed by atoms with Gasteiger partial charge in [-0.15, -0.1) is 0 Å². The topological polar surface area (TPSA) is 86.3 Å². The molecule has 4 rings (SSSR count). The molecule has 31 heavy (non-hydrogen) atoms. The number of pyridine rings is 1. The van der Waals surface area contributed by atoms with Crippen molar-refractivity contribution in [1.29, 1.82) is 0 Å². The second-order valence-electron chi connectivity index (χ2n) is 9.24. The van der Waals surface area contributed by atoms with Gasteiger partial charge in [-0.1, -0.05) is 20.8 Å². The monoisotopic (exact) mass is 421 g/mol. The van der Waals surface area contributed by atoms with Crippen LogP contribution in [0.15, 0.2) is 35.3 Å². The fraction of sp³-hybridized carbons (Fsp3) is 0.375. The number of ether oxygens (including phenoxy) is 1. The van der Waals surface area contributed by atoms with Crippen molar-refractivity contribution in [3.63, 3.8) is 0 Å². The van der Waals surface area contributed by atoms with Crippen LogP contribution in [0.1, 0.15) is 48.4 Å². The first-order chi connectivity index (χ1) is 14.5. The second-order valence-corrected chi connectivity index (χ2v) is 9.24. The molecule has 0 radical (unpaired) electrons. The highest BCUT2D eigenvalue weighted by molar-refractivity contribution is 5.88. The average molecular weight is 421 g/mol. The van der Waals surface area contributed by atoms with Crippen LogP contribution >= 0.6 is 0 Å². The van der Waals surface area contributed by atoms with E-state index in [1.54, 1.807) is 7.11 Å². The predicted octanol–water partition coefficient (Wildman–Crippen LogP) is 4.07. The quantitative estimate of drug-likeness (QED) is 0.689. The number of carboxylic acids is 1. The largest absolute Gasteiger partial charge is 0.496 e. The van der Waals surface area contributed by atoms with Gasteiger partial charge in [0.1, 0.15) is 11.3 Å². The first-order valence-corrected chi connectivity index (χ1v) is 10.2. The molecule has 7 nitrogen and oxygen atoms in total. The molecule has 0 bridgehead atoms. The van der Waals surface area contributed by atoms with Crippen molar-refractivity contribution in [2.24, 2.45) is 12.5 Å². The van der Waals surface area contributed by atoms with Crippen LogP contribution in [-0.4, -0.2) is 32.5 Å². The summed E-state index contributed by atoms with van der Waals surface area (Å²) in [6.45, 7) is 8.33. The van der Waals surface area contributed by atoms with Gasteiger partial charge in [-0.2, -0.15) is 5.10 Å². The first-order valence-electron chi connectivity index (χ1n) is 10.2. The molecule has 1 atom stereocenters. The average Bonchev–Trinajstić information content (AvgIpc) is 3.02. The third-order valence-electron chi connectivity index (χ3n) is 6.04. The van der Waals surface area contributed by atoms with Crippen molar-refractivity contribution in [2.75, 3.05) is 7.11 Å². The summed E-state index contributed by atoms with van der Waals surface area (Å²) in [5, 5.41) is 13.9. The van der Waals surface area contributed by atoms with E-state index in [9.17, 15) is 14.7 Å². The van der Waals surface area contributed by atoms with E-state index in [1.807, 2.05) is 35.4 Å². The zero-order chi connectivity index (χ0) is 22.7. The Kier molecular flexibility index (Phi) is 4.80. The number of benzene rings is 1. The number of carboxylic acid groups (broad SMARTS) is 1. The maximum atomic E-state index is 12.6. The van der Waals surface area contributed by atoms with Gasteiger partial charge in [0.25, 0.3) is 0 Å². The summed E-state index contributed by atoms with van der Waals surface area (Å²) >= 11 is 0. The van der Waals surface area contributed by atoms with Crippen molar-refractivity contribution < 1.29 is 14.6 Å². The predicted molar refractivity (Wildman–Crippen MR) is 119 cm³/mol. The number of aryl methyl sites for hydroxylation is 2. The lowest BCUT2D eigenvalue weighted by atomic mass is 9.78. The zero-order valence-electron chi connectivity index (χ0n) is 18.7. The van der Waals surface area contributed by atoms with Crippen LogP contribution in [0.3, 0.4) is 0 Å². The molecule has 0 fully saturated rings. The van der Waals surface area contributed by atoms with Crippen molar-refractivity contribution in [3.8, 4) is 28.3 Å². The van der Waals surface area contributed by atoms with E-state index in [2.05, 4.69) is 31.9 Å². The van der Waals surface area contributed by atoms with Crippen LogP contribution in [0.4, 0.5) is 0 Å². The Morgan fingerprint density at radius 2 is 1.87 bits per heavy atom. The second kappa shape index (κ2) is 7.11. The van der Waals surface area contributed by atoms with Gasteiger partial charge in [0.2, 0.25) is 0 Å². The Balaban J connectivity index is 2.01. The van der Waals surface area contributed by atoms with Gasteiger partial charge in [-0.05, 0) is 42.5 Å². The molecule has 0 spiro atoms. The fourth-order valence-electron chi connectivity index (χ4n) is 4.48. The number of hydrogen-bond donors (Lipinski definition) is 1. The van der Waals surface area contributed by atoms with Gasteiger partial charge >= 0.3 is 5.97 Å². The van der Waals surface area contributed by atoms with Crippen LogP contribution in [-0.2, 0) is 13.5 Å².